The van der Waals surface area contributed by atoms with E-state index in [-0.39, 0.29) is 0 Å². The van der Waals surface area contributed by atoms with Gasteiger partial charge in [0, 0.05) is 41.3 Å². The number of thiocarbonyl (C=S) groups is 1. The summed E-state index contributed by atoms with van der Waals surface area (Å²) in [7, 11) is 0. The highest BCUT2D eigenvalue weighted by Crippen LogP contribution is 2.24. The number of nitrogens with zero attached hydrogens (tertiary/aromatic N) is 1. The molecule has 0 radical (unpaired) electrons. The fourth-order valence-corrected chi connectivity index (χ4v) is 3.54. The van der Waals surface area contributed by atoms with Gasteiger partial charge in [-0.3, -0.25) is 4.79 Å². The number of fused-ring (bicyclic) bond motifs is 1. The van der Waals surface area contributed by atoms with Gasteiger partial charge in [-0.05, 0) is 36.8 Å². The van der Waals surface area contributed by atoms with E-state index in [1.54, 1.807) is 25.1 Å². The van der Waals surface area contributed by atoms with Crippen molar-refractivity contribution in [1.82, 2.24) is 4.98 Å². The Hall–Kier alpha value is -3.70. The maximum absolute atomic E-state index is 12.1. The number of anilines is 2. The van der Waals surface area contributed by atoms with Crippen molar-refractivity contribution >= 4 is 51.1 Å². The number of primary amides is 1. The smallest absolute Gasteiger partial charge is 0.240 e. The number of nitrogens with one attached hydrogen (secondary N) is 4. The van der Waals surface area contributed by atoms with Crippen LogP contribution in [0.2, 0.25) is 0 Å². The number of rotatable bonds is 8. The molecule has 0 aliphatic heterocycles. The molecular weight excluding hydrogens is 396 g/mol. The van der Waals surface area contributed by atoms with E-state index in [0.29, 0.717) is 40.5 Å². The van der Waals surface area contributed by atoms with E-state index in [0.717, 1.165) is 16.5 Å². The fraction of sp³-hybridized carbons (Fsp3) is 0.182. The Kier molecular flexibility index (Phi) is 6.45. The summed E-state index contributed by atoms with van der Waals surface area (Å²) in [6.07, 6.45) is 2.60. The molecule has 7 nitrogen and oxygen atoms in total. The first kappa shape index (κ1) is 21.0. The maximum atomic E-state index is 12.1. The molecule has 30 heavy (non-hydrogen) atoms. The van der Waals surface area contributed by atoms with Crippen LogP contribution in [0.25, 0.3) is 10.9 Å². The Morgan fingerprint density at radius 3 is 2.80 bits per heavy atom. The molecule has 0 aliphatic rings. The van der Waals surface area contributed by atoms with Gasteiger partial charge in [0.25, 0.3) is 0 Å². The number of amides is 1. The number of nitrogens with two attached hydrogens (primary N) is 1. The summed E-state index contributed by atoms with van der Waals surface area (Å²) in [5.74, 6) is -0.478. The quantitative estimate of drug-likeness (QED) is 0.281. The van der Waals surface area contributed by atoms with E-state index < -0.39 is 11.9 Å². The van der Waals surface area contributed by atoms with Crippen LogP contribution in [0.5, 0.6) is 0 Å². The van der Waals surface area contributed by atoms with Crippen LogP contribution in [-0.4, -0.2) is 27.6 Å². The van der Waals surface area contributed by atoms with E-state index in [4.69, 9.17) is 23.4 Å². The number of H-pyrrole nitrogens is 1. The third-order valence-corrected chi connectivity index (χ3v) is 4.87. The predicted octanol–water partition coefficient (Wildman–Crippen LogP) is 3.72. The van der Waals surface area contributed by atoms with Crippen LogP contribution in [0.15, 0.2) is 48.7 Å². The maximum Gasteiger partial charge on any atom is 0.240 e. The first-order valence-corrected chi connectivity index (χ1v) is 9.77. The van der Waals surface area contributed by atoms with Gasteiger partial charge in [0.15, 0.2) is 0 Å². The van der Waals surface area contributed by atoms with Gasteiger partial charge >= 0.3 is 0 Å². The fourth-order valence-electron chi connectivity index (χ4n) is 3.21. The van der Waals surface area contributed by atoms with Gasteiger partial charge in [-0.2, -0.15) is 5.26 Å². The molecule has 8 heteroatoms. The van der Waals surface area contributed by atoms with E-state index >= 15 is 0 Å². The number of carbonyl (C=O) groups excluding carboxylic acids is 1. The van der Waals surface area contributed by atoms with E-state index in [1.165, 1.54) is 0 Å². The number of benzene rings is 2. The molecule has 0 saturated carbocycles. The molecule has 0 aliphatic carbocycles. The van der Waals surface area contributed by atoms with Gasteiger partial charge in [0.05, 0.1) is 16.2 Å². The molecular formula is C22H22N6OS. The molecule has 0 fully saturated rings. The molecule has 0 bridgehead atoms. The van der Waals surface area contributed by atoms with E-state index in [2.05, 4.69) is 21.7 Å². The van der Waals surface area contributed by atoms with Crippen molar-refractivity contribution in [2.24, 2.45) is 5.73 Å². The number of aromatic nitrogens is 1. The second-order valence-corrected chi connectivity index (χ2v) is 7.53. The Morgan fingerprint density at radius 1 is 1.33 bits per heavy atom. The lowest BCUT2D eigenvalue weighted by Crippen LogP contribution is -2.37. The standard InChI is InChI=1S/C22H22N6OS/c1-13(24)8-21(30)28-19-10-16(7-6-14(19)11-23)27-20(22(25)29)9-15-12-26-18-5-3-2-4-17(15)18/h2-7,10,12,20,24,26-27H,8-9H2,1H3,(H2,25,29)(H,28,30). The zero-order valence-corrected chi connectivity index (χ0v) is 17.3. The third-order valence-electron chi connectivity index (χ3n) is 4.62. The summed E-state index contributed by atoms with van der Waals surface area (Å²) in [6, 6.07) is 14.4. The van der Waals surface area contributed by atoms with Crippen molar-refractivity contribution < 1.29 is 4.79 Å². The SMILES string of the molecule is CC(=N)CC(=S)Nc1cc(NC(Cc2c[nH]c3ccccc23)C(N)=O)ccc1C#N. The molecule has 3 aromatic rings. The summed E-state index contributed by atoms with van der Waals surface area (Å²) in [4.78, 5) is 15.8. The Balaban J connectivity index is 1.82. The number of hydrogen-bond acceptors (Lipinski definition) is 5. The highest BCUT2D eigenvalue weighted by molar-refractivity contribution is 7.80. The first-order valence-electron chi connectivity index (χ1n) is 9.36. The minimum absolute atomic E-state index is 0.308. The summed E-state index contributed by atoms with van der Waals surface area (Å²) in [5.41, 5.74) is 9.62. The number of para-hydroxylation sites is 1. The molecule has 0 saturated heterocycles. The van der Waals surface area contributed by atoms with Crippen LogP contribution in [0.3, 0.4) is 0 Å². The normalized spacial score (nSPS) is 11.5. The van der Waals surface area contributed by atoms with Crippen molar-refractivity contribution in [3.8, 4) is 6.07 Å². The molecule has 2 aromatic carbocycles. The zero-order chi connectivity index (χ0) is 21.7. The lowest BCUT2D eigenvalue weighted by atomic mass is 10.0. The topological polar surface area (TPSA) is 131 Å². The monoisotopic (exact) mass is 418 g/mol. The van der Waals surface area contributed by atoms with Gasteiger partial charge in [0.2, 0.25) is 5.91 Å². The van der Waals surface area contributed by atoms with E-state index in [9.17, 15) is 10.1 Å². The van der Waals surface area contributed by atoms with Crippen molar-refractivity contribution in [3.05, 3.63) is 59.8 Å². The van der Waals surface area contributed by atoms with Crippen LogP contribution in [0.4, 0.5) is 11.4 Å². The van der Waals surface area contributed by atoms with Crippen LogP contribution in [0.1, 0.15) is 24.5 Å². The van der Waals surface area contributed by atoms with Crippen LogP contribution in [0, 0.1) is 16.7 Å². The summed E-state index contributed by atoms with van der Waals surface area (Å²) < 4.78 is 0. The number of hydrogen-bond donors (Lipinski definition) is 5. The van der Waals surface area contributed by atoms with Gasteiger partial charge in [-0.25, -0.2) is 0 Å². The Bertz CT molecular complexity index is 1160. The molecule has 6 N–H and O–H groups in total. The van der Waals surface area contributed by atoms with Gasteiger partial charge in [-0.1, -0.05) is 30.4 Å². The number of carbonyl (C=O) groups is 1. The molecule has 0 spiro atoms. The molecule has 1 atom stereocenters. The van der Waals surface area contributed by atoms with Crippen molar-refractivity contribution in [2.45, 2.75) is 25.8 Å². The molecule has 152 valence electrons. The Morgan fingerprint density at radius 2 is 2.10 bits per heavy atom. The lowest BCUT2D eigenvalue weighted by molar-refractivity contribution is -0.118. The second-order valence-electron chi connectivity index (χ2n) is 7.04. The summed E-state index contributed by atoms with van der Waals surface area (Å²) >= 11 is 5.25. The zero-order valence-electron chi connectivity index (χ0n) is 16.5. The van der Waals surface area contributed by atoms with Crippen LogP contribution >= 0.6 is 12.2 Å². The molecule has 3 rings (SSSR count). The average molecular weight is 419 g/mol. The molecule has 1 unspecified atom stereocenters. The number of nitriles is 1. The van der Waals surface area contributed by atoms with Crippen LogP contribution < -0.4 is 16.4 Å². The highest BCUT2D eigenvalue weighted by atomic mass is 32.1. The minimum Gasteiger partial charge on any atom is -0.373 e. The van der Waals surface area contributed by atoms with Crippen molar-refractivity contribution in [3.63, 3.8) is 0 Å². The van der Waals surface area contributed by atoms with Crippen molar-refractivity contribution in [1.29, 1.82) is 10.7 Å². The van der Waals surface area contributed by atoms with Gasteiger partial charge in [0.1, 0.15) is 12.1 Å². The highest BCUT2D eigenvalue weighted by Gasteiger charge is 2.18. The average Bonchev–Trinajstić information content (AvgIpc) is 3.10. The van der Waals surface area contributed by atoms with Crippen molar-refractivity contribution in [2.75, 3.05) is 10.6 Å². The van der Waals surface area contributed by atoms with Gasteiger partial charge in [-0.15, -0.1) is 0 Å². The van der Waals surface area contributed by atoms with Gasteiger partial charge < -0.3 is 26.8 Å². The second kappa shape index (κ2) is 9.20. The Labute approximate surface area is 179 Å². The molecule has 1 aromatic heterocycles. The number of aromatic amines is 1. The van der Waals surface area contributed by atoms with Crippen LogP contribution in [-0.2, 0) is 11.2 Å². The molecule has 1 heterocycles. The largest absolute Gasteiger partial charge is 0.373 e. The lowest BCUT2D eigenvalue weighted by Gasteiger charge is -2.18. The van der Waals surface area contributed by atoms with E-state index in [1.807, 2.05) is 30.5 Å². The predicted molar refractivity (Wildman–Crippen MR) is 124 cm³/mol. The minimum atomic E-state index is -0.638. The first-order chi connectivity index (χ1) is 14.4. The molecule has 1 amide bonds. The third kappa shape index (κ3) is 5.01. The summed E-state index contributed by atoms with van der Waals surface area (Å²) in [5, 5.41) is 24.2. The summed E-state index contributed by atoms with van der Waals surface area (Å²) in [6.45, 7) is 1.67.